The first-order valence-electron chi connectivity index (χ1n) is 20.5. The van der Waals surface area contributed by atoms with E-state index in [2.05, 4.69) is 188 Å². The third-order valence-corrected chi connectivity index (χ3v) is 8.41. The molecule has 0 saturated heterocycles. The summed E-state index contributed by atoms with van der Waals surface area (Å²) in [6.45, 7) is 0. The molecule has 0 aliphatic heterocycles. The van der Waals surface area contributed by atoms with Crippen LogP contribution in [0.5, 0.6) is 0 Å². The van der Waals surface area contributed by atoms with Crippen molar-refractivity contribution in [1.82, 2.24) is 0 Å². The van der Waals surface area contributed by atoms with Crippen LogP contribution in [-0.4, -0.2) is 21.3 Å². The summed E-state index contributed by atoms with van der Waals surface area (Å²) in [5, 5.41) is 27.4. The fraction of sp³-hybridized carbons (Fsp3) is 0.0500. The first kappa shape index (κ1) is 55.2. The minimum atomic E-state index is 0. The van der Waals surface area contributed by atoms with Crippen molar-refractivity contribution in [3.8, 4) is 0 Å². The molecule has 0 aromatic heterocycles. The summed E-state index contributed by atoms with van der Waals surface area (Å²) in [6.07, 6.45) is 24.9. The molecule has 0 N–H and O–H groups in total. The Morgan fingerprint density at radius 3 is 0.688 bits per heavy atom. The molecule has 0 radical (unpaired) electrons. The first-order chi connectivity index (χ1) is 31.3. The molecule has 0 atom stereocenters. The van der Waals surface area contributed by atoms with Crippen molar-refractivity contribution in [2.45, 2.75) is 0 Å². The second-order valence-corrected chi connectivity index (χ2v) is 12.8. The van der Waals surface area contributed by atoms with Gasteiger partial charge in [-0.1, -0.05) is 261 Å². The summed E-state index contributed by atoms with van der Waals surface area (Å²) < 4.78 is 0. The Bertz CT molecular complexity index is 2020. The maximum atomic E-state index is 8.25. The number of rotatable bonds is 9. The smallest absolute Gasteiger partial charge is 0.857 e. The minimum absolute atomic E-state index is 0. The van der Waals surface area contributed by atoms with Gasteiger partial charge in [0.25, 0.3) is 0 Å². The van der Waals surface area contributed by atoms with Gasteiger partial charge in [-0.3, -0.25) is 0 Å². The zero-order valence-electron chi connectivity index (χ0n) is 37.0. The Hall–Kier alpha value is -6.82. The van der Waals surface area contributed by atoms with E-state index < -0.39 is 0 Å². The minimum Gasteiger partial charge on any atom is -0.857 e. The van der Waals surface area contributed by atoms with Gasteiger partial charge in [0.05, 0.1) is 0 Å². The topological polar surface area (TPSA) is 69.2 Å². The van der Waals surface area contributed by atoms with Gasteiger partial charge in [-0.25, -0.2) is 0 Å². The molecule has 8 aromatic carbocycles. The molecular weight excluding hydrogens is 817 g/mol. The molecule has 3 nitrogen and oxygen atoms in total. The third-order valence-electron chi connectivity index (χ3n) is 8.41. The Balaban J connectivity index is 0.000000414. The van der Waals surface area contributed by atoms with Crippen molar-refractivity contribution in [2.24, 2.45) is 0 Å². The van der Waals surface area contributed by atoms with E-state index in [9.17, 15) is 0 Å². The van der Waals surface area contributed by atoms with Gasteiger partial charge < -0.3 is 15.3 Å². The zero-order valence-corrected chi connectivity index (χ0v) is 38.6. The van der Waals surface area contributed by atoms with Crippen LogP contribution in [-0.2, 0) is 21.7 Å². The SMILES string of the molecule is C(C=Cc1ccccc1)=Cc1ccccc1.C(C=Cc1ccccc1)=Cc1ccccc1.C(C=Cc1ccccc1)=Cc1ccccc1.C[O-].C[O-].C[O-].[Ti+4].c1ccc2[cH-]ccc2c1. The molecule has 8 aromatic rings. The van der Waals surface area contributed by atoms with Crippen LogP contribution in [0.1, 0.15) is 33.4 Å². The van der Waals surface area contributed by atoms with E-state index in [1.165, 1.54) is 44.2 Å². The molecule has 0 heterocycles. The Labute approximate surface area is 397 Å². The van der Waals surface area contributed by atoms with Gasteiger partial charge in [0.15, 0.2) is 0 Å². The summed E-state index contributed by atoms with van der Waals surface area (Å²) >= 11 is 0. The summed E-state index contributed by atoms with van der Waals surface area (Å²) in [5.74, 6) is 0. The van der Waals surface area contributed by atoms with E-state index in [-0.39, 0.29) is 21.7 Å². The maximum Gasteiger partial charge on any atom is 4.00 e. The third kappa shape index (κ3) is 25.8. The zero-order chi connectivity index (χ0) is 45.3. The van der Waals surface area contributed by atoms with Gasteiger partial charge in [-0.05, 0) is 33.4 Å². The molecule has 4 heteroatoms. The van der Waals surface area contributed by atoms with Crippen molar-refractivity contribution in [2.75, 3.05) is 21.3 Å². The molecule has 0 aliphatic rings. The monoisotopic (exact) mass is 874 g/mol. The molecule has 320 valence electrons. The van der Waals surface area contributed by atoms with Crippen LogP contribution in [0.15, 0.2) is 261 Å². The largest absolute Gasteiger partial charge is 4.00 e. The summed E-state index contributed by atoms with van der Waals surface area (Å²) in [4.78, 5) is 0. The average Bonchev–Trinajstić information content (AvgIpc) is 3.87. The van der Waals surface area contributed by atoms with E-state index in [1.54, 1.807) is 0 Å². The van der Waals surface area contributed by atoms with E-state index >= 15 is 0 Å². The van der Waals surface area contributed by atoms with Crippen LogP contribution in [0.4, 0.5) is 0 Å². The van der Waals surface area contributed by atoms with Crippen LogP contribution in [0.2, 0.25) is 0 Å². The average molecular weight is 875 g/mol. The van der Waals surface area contributed by atoms with Crippen molar-refractivity contribution in [3.63, 3.8) is 0 Å². The molecule has 64 heavy (non-hydrogen) atoms. The Morgan fingerprint density at radius 1 is 0.266 bits per heavy atom. The van der Waals surface area contributed by atoms with Crippen LogP contribution >= 0.6 is 0 Å². The summed E-state index contributed by atoms with van der Waals surface area (Å²) in [5.41, 5.74) is 7.33. The molecular formula is C60H58O3Ti. The van der Waals surface area contributed by atoms with Gasteiger partial charge in [-0.15, -0.1) is 29.7 Å². The van der Waals surface area contributed by atoms with Gasteiger partial charge in [0, 0.05) is 0 Å². The fourth-order valence-electron chi connectivity index (χ4n) is 5.45. The van der Waals surface area contributed by atoms with E-state index in [0.29, 0.717) is 0 Å². The van der Waals surface area contributed by atoms with E-state index in [1.807, 2.05) is 109 Å². The van der Waals surface area contributed by atoms with Crippen molar-refractivity contribution < 1.29 is 37.0 Å². The molecule has 8 rings (SSSR count). The van der Waals surface area contributed by atoms with Crippen LogP contribution in [0.25, 0.3) is 47.2 Å². The fourth-order valence-corrected chi connectivity index (χ4v) is 5.45. The van der Waals surface area contributed by atoms with Crippen molar-refractivity contribution in [3.05, 3.63) is 294 Å². The van der Waals surface area contributed by atoms with Crippen LogP contribution in [0, 0.1) is 0 Å². The second kappa shape index (κ2) is 39.1. The predicted molar refractivity (Wildman–Crippen MR) is 270 cm³/mol. The molecule has 0 spiro atoms. The Morgan fingerprint density at radius 2 is 0.469 bits per heavy atom. The number of allylic oxidation sites excluding steroid dienone is 6. The van der Waals surface area contributed by atoms with Crippen LogP contribution < -0.4 is 15.3 Å². The predicted octanol–water partition coefficient (Wildman–Crippen LogP) is 12.7. The van der Waals surface area contributed by atoms with Gasteiger partial charge >= 0.3 is 21.7 Å². The molecule has 0 aliphatic carbocycles. The number of hydrogen-bond acceptors (Lipinski definition) is 3. The molecule has 0 bridgehead atoms. The summed E-state index contributed by atoms with van der Waals surface area (Å²) in [6, 6.07) is 76.4. The molecule has 0 saturated carbocycles. The van der Waals surface area contributed by atoms with Gasteiger partial charge in [0.1, 0.15) is 0 Å². The Kier molecular flexibility index (Phi) is 33.7. The van der Waals surface area contributed by atoms with Gasteiger partial charge in [0.2, 0.25) is 0 Å². The van der Waals surface area contributed by atoms with Crippen molar-refractivity contribution in [1.29, 1.82) is 0 Å². The maximum absolute atomic E-state index is 8.25. The molecule has 0 fully saturated rings. The van der Waals surface area contributed by atoms with Crippen LogP contribution in [0.3, 0.4) is 0 Å². The van der Waals surface area contributed by atoms with Crippen molar-refractivity contribution >= 4 is 47.2 Å². The second-order valence-electron chi connectivity index (χ2n) is 12.8. The standard InChI is InChI=1S/3C16H14.C9H7.3CH3O.Ti/c3*1-3-9-15(10-4-1)13-7-8-14-16-11-5-2-6-12-16;1-2-5-9-7-3-6-8(9)4-1;3*1-2;/h3*1-14H;1-7H;3*1H3;/q;;;4*-1;+4. The first-order valence-corrected chi connectivity index (χ1v) is 20.5. The quantitative estimate of drug-likeness (QED) is 0.0824. The normalized spacial score (nSPS) is 10.2. The number of fused-ring (bicyclic) bond motifs is 1. The van der Waals surface area contributed by atoms with E-state index in [0.717, 1.165) is 21.3 Å². The summed E-state index contributed by atoms with van der Waals surface area (Å²) in [7, 11) is 2.25. The van der Waals surface area contributed by atoms with Gasteiger partial charge in [-0.2, -0.15) is 38.8 Å². The molecule has 0 amide bonds. The number of benzene rings is 7. The van der Waals surface area contributed by atoms with E-state index in [4.69, 9.17) is 15.3 Å². The number of hydrogen-bond donors (Lipinski definition) is 0. The molecule has 0 unspecified atom stereocenters.